The van der Waals surface area contributed by atoms with Gasteiger partial charge in [0.25, 0.3) is 0 Å². The number of piperazine rings is 1. The molecule has 1 heterocycles. The van der Waals surface area contributed by atoms with Crippen molar-refractivity contribution in [3.8, 4) is 0 Å². The van der Waals surface area contributed by atoms with E-state index in [4.69, 9.17) is 0 Å². The highest BCUT2D eigenvalue weighted by molar-refractivity contribution is 9.09. The van der Waals surface area contributed by atoms with Crippen LogP contribution in [0.4, 0.5) is 0 Å². The van der Waals surface area contributed by atoms with Gasteiger partial charge in [-0.2, -0.15) is 0 Å². The minimum atomic E-state index is 0.281. The molecule has 0 aromatic carbocycles. The Morgan fingerprint density at radius 3 is 2.67 bits per heavy atom. The van der Waals surface area contributed by atoms with Crippen molar-refractivity contribution >= 4 is 21.8 Å². The molecule has 1 fully saturated rings. The van der Waals surface area contributed by atoms with Crippen LogP contribution in [-0.2, 0) is 4.79 Å². The Labute approximate surface area is 101 Å². The van der Waals surface area contributed by atoms with Gasteiger partial charge in [0.05, 0.1) is 6.54 Å². The predicted molar refractivity (Wildman–Crippen MR) is 66.0 cm³/mol. The lowest BCUT2D eigenvalue weighted by Crippen LogP contribution is -2.51. The van der Waals surface area contributed by atoms with E-state index in [2.05, 4.69) is 34.7 Å². The van der Waals surface area contributed by atoms with Crippen molar-refractivity contribution in [2.75, 3.05) is 38.1 Å². The van der Waals surface area contributed by atoms with Gasteiger partial charge >= 0.3 is 0 Å². The summed E-state index contributed by atoms with van der Waals surface area (Å²) in [6.45, 7) is 8.57. The molecule has 1 amide bonds. The number of carbonyl (C=O) groups excluding carboxylic acids is 1. The van der Waals surface area contributed by atoms with E-state index in [9.17, 15) is 4.79 Å². The molecule has 0 unspecified atom stereocenters. The Hall–Kier alpha value is -0.0900. The summed E-state index contributed by atoms with van der Waals surface area (Å²) < 4.78 is 0. The van der Waals surface area contributed by atoms with E-state index in [1.165, 1.54) is 5.92 Å². The van der Waals surface area contributed by atoms with E-state index in [-0.39, 0.29) is 5.91 Å². The molecule has 1 radical (unpaired) electrons. The van der Waals surface area contributed by atoms with Crippen LogP contribution in [0.15, 0.2) is 0 Å². The Bertz CT molecular complexity index is 209. The van der Waals surface area contributed by atoms with Gasteiger partial charge < -0.3 is 4.90 Å². The third-order valence-corrected chi connectivity index (χ3v) is 3.06. The zero-order valence-electron chi connectivity index (χ0n) is 9.63. The fourth-order valence-electron chi connectivity index (χ4n) is 1.83. The average Bonchev–Trinajstić information content (AvgIpc) is 2.15. The van der Waals surface area contributed by atoms with Gasteiger partial charge in [-0.05, 0) is 12.3 Å². The Morgan fingerprint density at radius 1 is 1.40 bits per heavy atom. The first-order chi connectivity index (χ1) is 7.13. The molecule has 87 valence electrons. The van der Waals surface area contributed by atoms with Crippen LogP contribution in [0.2, 0.25) is 0 Å². The highest BCUT2D eigenvalue weighted by atomic mass is 79.9. The maximum Gasteiger partial charge on any atom is 0.236 e. The first-order valence-corrected chi connectivity index (χ1v) is 6.60. The number of alkyl halides is 1. The quantitative estimate of drug-likeness (QED) is 0.711. The van der Waals surface area contributed by atoms with Gasteiger partial charge in [0.2, 0.25) is 5.91 Å². The van der Waals surface area contributed by atoms with Crippen molar-refractivity contribution in [2.24, 2.45) is 0 Å². The molecule has 0 aromatic rings. The molecule has 3 nitrogen and oxygen atoms in total. The molecule has 0 atom stereocenters. The fourth-order valence-corrected chi connectivity index (χ4v) is 2.08. The van der Waals surface area contributed by atoms with E-state index < -0.39 is 0 Å². The Balaban J connectivity index is 2.31. The van der Waals surface area contributed by atoms with Gasteiger partial charge in [0.15, 0.2) is 0 Å². The van der Waals surface area contributed by atoms with Crippen LogP contribution in [0.1, 0.15) is 20.3 Å². The van der Waals surface area contributed by atoms with Crippen molar-refractivity contribution < 1.29 is 4.79 Å². The molecule has 1 saturated heterocycles. The summed E-state index contributed by atoms with van der Waals surface area (Å²) in [6, 6.07) is 0. The zero-order chi connectivity index (χ0) is 11.3. The van der Waals surface area contributed by atoms with Crippen molar-refractivity contribution in [3.05, 3.63) is 5.92 Å². The van der Waals surface area contributed by atoms with E-state index in [0.717, 1.165) is 37.9 Å². The number of rotatable bonds is 5. The third-order valence-electron chi connectivity index (χ3n) is 2.50. The predicted octanol–water partition coefficient (Wildman–Crippen LogP) is 1.53. The second-order valence-electron chi connectivity index (χ2n) is 4.34. The van der Waals surface area contributed by atoms with Gasteiger partial charge in [-0.25, -0.2) is 0 Å². The molecule has 1 aliphatic heterocycles. The van der Waals surface area contributed by atoms with Crippen molar-refractivity contribution in [2.45, 2.75) is 20.3 Å². The maximum absolute atomic E-state index is 11.8. The summed E-state index contributed by atoms with van der Waals surface area (Å²) in [5.41, 5.74) is 0. The zero-order valence-corrected chi connectivity index (χ0v) is 11.2. The van der Waals surface area contributed by atoms with Crippen molar-refractivity contribution in [3.63, 3.8) is 0 Å². The molecule has 1 rings (SSSR count). The van der Waals surface area contributed by atoms with Gasteiger partial charge in [-0.1, -0.05) is 29.8 Å². The second kappa shape index (κ2) is 6.48. The maximum atomic E-state index is 11.8. The molecule has 1 aliphatic rings. The number of hydrogen-bond donors (Lipinski definition) is 0. The number of halogens is 1. The first-order valence-electron chi connectivity index (χ1n) is 5.48. The number of carbonyl (C=O) groups is 1. The van der Waals surface area contributed by atoms with Crippen LogP contribution >= 0.6 is 15.9 Å². The summed E-state index contributed by atoms with van der Waals surface area (Å²) in [7, 11) is 0. The van der Waals surface area contributed by atoms with E-state index in [1.807, 2.05) is 4.90 Å². The average molecular weight is 276 g/mol. The summed E-state index contributed by atoms with van der Waals surface area (Å²) in [4.78, 5) is 16.0. The molecule has 0 spiro atoms. The minimum absolute atomic E-state index is 0.281. The SMILES string of the molecule is C[C](C)CN1CCN(CCCBr)C(=O)C1. The highest BCUT2D eigenvalue weighted by Gasteiger charge is 2.23. The van der Waals surface area contributed by atoms with Crippen LogP contribution in [0, 0.1) is 5.92 Å². The lowest BCUT2D eigenvalue weighted by atomic mass is 10.2. The fraction of sp³-hybridized carbons (Fsp3) is 0.818. The molecule has 15 heavy (non-hydrogen) atoms. The molecule has 4 heteroatoms. The van der Waals surface area contributed by atoms with E-state index in [0.29, 0.717) is 6.54 Å². The second-order valence-corrected chi connectivity index (χ2v) is 5.13. The van der Waals surface area contributed by atoms with Gasteiger partial charge in [-0.15, -0.1) is 0 Å². The van der Waals surface area contributed by atoms with Crippen LogP contribution < -0.4 is 0 Å². The van der Waals surface area contributed by atoms with Crippen LogP contribution in [0.25, 0.3) is 0 Å². The van der Waals surface area contributed by atoms with Crippen molar-refractivity contribution in [1.29, 1.82) is 0 Å². The molecule has 0 aromatic heterocycles. The Kier molecular flexibility index (Phi) is 5.61. The molecule has 0 aliphatic carbocycles. The summed E-state index contributed by atoms with van der Waals surface area (Å²) >= 11 is 3.39. The topological polar surface area (TPSA) is 23.6 Å². The monoisotopic (exact) mass is 275 g/mol. The standard InChI is InChI=1S/C11H20BrN2O/c1-10(2)8-13-6-7-14(5-3-4-12)11(15)9-13/h3-9H2,1-2H3. The minimum Gasteiger partial charge on any atom is -0.340 e. The molecular weight excluding hydrogens is 256 g/mol. The molecule has 0 saturated carbocycles. The van der Waals surface area contributed by atoms with Gasteiger partial charge in [0, 0.05) is 31.5 Å². The molecular formula is C11H20BrN2O. The van der Waals surface area contributed by atoms with Gasteiger partial charge in [0.1, 0.15) is 0 Å². The molecule has 0 N–H and O–H groups in total. The van der Waals surface area contributed by atoms with Crippen LogP contribution in [-0.4, -0.2) is 53.8 Å². The van der Waals surface area contributed by atoms with Crippen molar-refractivity contribution in [1.82, 2.24) is 9.80 Å². The smallest absolute Gasteiger partial charge is 0.236 e. The van der Waals surface area contributed by atoms with Crippen LogP contribution in [0.5, 0.6) is 0 Å². The Morgan fingerprint density at radius 2 is 2.13 bits per heavy atom. The summed E-state index contributed by atoms with van der Waals surface area (Å²) in [5, 5.41) is 0.975. The van der Waals surface area contributed by atoms with Crippen LogP contribution in [0.3, 0.4) is 0 Å². The third kappa shape index (κ3) is 4.51. The van der Waals surface area contributed by atoms with E-state index in [1.54, 1.807) is 0 Å². The summed E-state index contributed by atoms with van der Waals surface area (Å²) in [6.07, 6.45) is 1.05. The lowest BCUT2D eigenvalue weighted by molar-refractivity contribution is -0.135. The summed E-state index contributed by atoms with van der Waals surface area (Å²) in [5.74, 6) is 1.65. The lowest BCUT2D eigenvalue weighted by Gasteiger charge is -2.34. The normalized spacial score (nSPS) is 18.9. The van der Waals surface area contributed by atoms with Gasteiger partial charge in [-0.3, -0.25) is 9.69 Å². The molecule has 0 bridgehead atoms. The van der Waals surface area contributed by atoms with E-state index >= 15 is 0 Å². The number of nitrogens with zero attached hydrogens (tertiary/aromatic N) is 2. The number of hydrogen-bond acceptors (Lipinski definition) is 2. The first kappa shape index (κ1) is 13.0. The number of amides is 1. The highest BCUT2D eigenvalue weighted by Crippen LogP contribution is 2.08. The largest absolute Gasteiger partial charge is 0.340 e.